The molecule has 2 aromatic carbocycles. The molecular weight excluding hydrogens is 293 g/mol. The van der Waals surface area contributed by atoms with Crippen LogP contribution in [0, 0.1) is 12.7 Å². The number of hydrogen-bond donors (Lipinski definition) is 1. The third kappa shape index (κ3) is 2.62. The van der Waals surface area contributed by atoms with Crippen molar-refractivity contribution < 1.29 is 4.39 Å². The van der Waals surface area contributed by atoms with Crippen LogP contribution in [0.25, 0.3) is 0 Å². The summed E-state index contributed by atoms with van der Waals surface area (Å²) in [5.74, 6) is -0.139. The number of benzene rings is 2. The third-order valence-electron chi connectivity index (χ3n) is 3.02. The van der Waals surface area contributed by atoms with E-state index in [2.05, 4.69) is 21.2 Å². The van der Waals surface area contributed by atoms with Crippen molar-refractivity contribution in [2.75, 3.05) is 7.05 Å². The lowest BCUT2D eigenvalue weighted by Crippen LogP contribution is -2.19. The smallest absolute Gasteiger partial charge is 0.131 e. The molecule has 1 unspecified atom stereocenters. The van der Waals surface area contributed by atoms with Gasteiger partial charge in [-0.05, 0) is 37.2 Å². The first-order valence-corrected chi connectivity index (χ1v) is 6.60. The Morgan fingerprint density at radius 1 is 1.11 bits per heavy atom. The van der Waals surface area contributed by atoms with Crippen molar-refractivity contribution >= 4 is 15.9 Å². The highest BCUT2D eigenvalue weighted by atomic mass is 79.9. The van der Waals surface area contributed by atoms with Crippen molar-refractivity contribution in [1.82, 2.24) is 5.32 Å². The Labute approximate surface area is 115 Å². The fraction of sp³-hybridized carbons (Fsp3) is 0.200. The maximum Gasteiger partial charge on any atom is 0.131 e. The van der Waals surface area contributed by atoms with Crippen LogP contribution < -0.4 is 5.32 Å². The van der Waals surface area contributed by atoms with Gasteiger partial charge >= 0.3 is 0 Å². The van der Waals surface area contributed by atoms with Crippen molar-refractivity contribution in [3.8, 4) is 0 Å². The quantitative estimate of drug-likeness (QED) is 0.896. The Balaban J connectivity index is 2.45. The maximum atomic E-state index is 14.2. The third-order valence-corrected chi connectivity index (χ3v) is 3.55. The minimum Gasteiger partial charge on any atom is -0.309 e. The fourth-order valence-electron chi connectivity index (χ4n) is 2.05. The summed E-state index contributed by atoms with van der Waals surface area (Å²) in [6.07, 6.45) is 0. The summed E-state index contributed by atoms with van der Waals surface area (Å²) in [6, 6.07) is 13.3. The molecule has 18 heavy (non-hydrogen) atoms. The second-order valence-corrected chi connectivity index (χ2v) is 5.17. The van der Waals surface area contributed by atoms with E-state index in [1.807, 2.05) is 43.4 Å². The average molecular weight is 308 g/mol. The van der Waals surface area contributed by atoms with Gasteiger partial charge in [0.25, 0.3) is 0 Å². The summed E-state index contributed by atoms with van der Waals surface area (Å²) in [6.45, 7) is 1.78. The van der Waals surface area contributed by atoms with Gasteiger partial charge in [0.1, 0.15) is 5.82 Å². The van der Waals surface area contributed by atoms with E-state index in [4.69, 9.17) is 0 Å². The van der Waals surface area contributed by atoms with Gasteiger partial charge in [0.2, 0.25) is 0 Å². The van der Waals surface area contributed by atoms with Gasteiger partial charge in [-0.15, -0.1) is 0 Å². The molecule has 2 rings (SSSR count). The molecule has 94 valence electrons. The number of aryl methyl sites for hydroxylation is 1. The Morgan fingerprint density at radius 2 is 1.78 bits per heavy atom. The normalized spacial score (nSPS) is 12.4. The Hall–Kier alpha value is -1.19. The topological polar surface area (TPSA) is 12.0 Å². The predicted molar refractivity (Wildman–Crippen MR) is 76.2 cm³/mol. The molecule has 3 heteroatoms. The Morgan fingerprint density at radius 3 is 2.39 bits per heavy atom. The highest BCUT2D eigenvalue weighted by Crippen LogP contribution is 2.26. The van der Waals surface area contributed by atoms with Gasteiger partial charge in [-0.2, -0.15) is 0 Å². The molecule has 0 bridgehead atoms. The largest absolute Gasteiger partial charge is 0.309 e. The van der Waals surface area contributed by atoms with Crippen LogP contribution in [0.4, 0.5) is 4.39 Å². The first kappa shape index (κ1) is 13.2. The number of halogens is 2. The summed E-state index contributed by atoms with van der Waals surface area (Å²) >= 11 is 3.40. The standard InChI is InChI=1S/C15H15BrFN/c1-10-4-3-5-13(14(10)17)15(18-2)11-6-8-12(16)9-7-11/h3-9,15,18H,1-2H3. The van der Waals surface area contributed by atoms with Crippen LogP contribution >= 0.6 is 15.9 Å². The van der Waals surface area contributed by atoms with Crippen LogP contribution in [0.3, 0.4) is 0 Å². The molecule has 1 atom stereocenters. The molecule has 0 aliphatic rings. The van der Waals surface area contributed by atoms with E-state index in [1.165, 1.54) is 0 Å². The molecule has 0 aliphatic heterocycles. The molecule has 0 radical (unpaired) electrons. The van der Waals surface area contributed by atoms with Crippen LogP contribution in [0.1, 0.15) is 22.7 Å². The molecule has 1 nitrogen and oxygen atoms in total. The van der Waals surface area contributed by atoms with E-state index >= 15 is 0 Å². The molecule has 0 amide bonds. The molecule has 0 saturated carbocycles. The zero-order chi connectivity index (χ0) is 13.1. The highest BCUT2D eigenvalue weighted by molar-refractivity contribution is 9.10. The molecule has 0 heterocycles. The molecule has 1 N–H and O–H groups in total. The second-order valence-electron chi connectivity index (χ2n) is 4.25. The zero-order valence-electron chi connectivity index (χ0n) is 10.4. The number of nitrogens with one attached hydrogen (secondary N) is 1. The van der Waals surface area contributed by atoms with Gasteiger partial charge in [-0.25, -0.2) is 4.39 Å². The van der Waals surface area contributed by atoms with Gasteiger partial charge in [0, 0.05) is 10.0 Å². The second kappa shape index (κ2) is 5.63. The zero-order valence-corrected chi connectivity index (χ0v) is 12.0. The van der Waals surface area contributed by atoms with E-state index in [0.717, 1.165) is 10.0 Å². The predicted octanol–water partition coefficient (Wildman–Crippen LogP) is 4.21. The maximum absolute atomic E-state index is 14.2. The van der Waals surface area contributed by atoms with Crippen molar-refractivity contribution in [3.63, 3.8) is 0 Å². The summed E-state index contributed by atoms with van der Waals surface area (Å²) < 4.78 is 15.2. The minimum atomic E-state index is -0.139. The molecule has 2 aromatic rings. The monoisotopic (exact) mass is 307 g/mol. The summed E-state index contributed by atoms with van der Waals surface area (Å²) in [4.78, 5) is 0. The van der Waals surface area contributed by atoms with Crippen molar-refractivity contribution in [2.24, 2.45) is 0 Å². The van der Waals surface area contributed by atoms with Gasteiger partial charge in [-0.3, -0.25) is 0 Å². The van der Waals surface area contributed by atoms with Gasteiger partial charge < -0.3 is 5.32 Å². The summed E-state index contributed by atoms with van der Waals surface area (Å²) in [5.41, 5.74) is 2.40. The lowest BCUT2D eigenvalue weighted by atomic mass is 9.97. The SMILES string of the molecule is CNC(c1ccc(Br)cc1)c1cccc(C)c1F. The van der Waals surface area contributed by atoms with Crippen molar-refractivity contribution in [2.45, 2.75) is 13.0 Å². The summed E-state index contributed by atoms with van der Waals surface area (Å²) in [5, 5.41) is 3.17. The van der Waals surface area contributed by atoms with Crippen LogP contribution in [-0.2, 0) is 0 Å². The van der Waals surface area contributed by atoms with Gasteiger partial charge in [0.15, 0.2) is 0 Å². The lowest BCUT2D eigenvalue weighted by Gasteiger charge is -2.18. The Bertz CT molecular complexity index is 537. The highest BCUT2D eigenvalue weighted by Gasteiger charge is 2.16. The van der Waals surface area contributed by atoms with Crippen LogP contribution in [0.15, 0.2) is 46.9 Å². The molecule has 0 saturated heterocycles. The average Bonchev–Trinajstić information content (AvgIpc) is 2.37. The first-order chi connectivity index (χ1) is 8.63. The van der Waals surface area contributed by atoms with Crippen molar-refractivity contribution in [3.05, 3.63) is 69.4 Å². The molecule has 0 fully saturated rings. The number of rotatable bonds is 3. The minimum absolute atomic E-state index is 0.127. The van der Waals surface area contributed by atoms with E-state index < -0.39 is 0 Å². The summed E-state index contributed by atoms with van der Waals surface area (Å²) in [7, 11) is 1.84. The van der Waals surface area contributed by atoms with Crippen LogP contribution in [0.5, 0.6) is 0 Å². The molecule has 0 aliphatic carbocycles. The van der Waals surface area contributed by atoms with E-state index in [1.54, 1.807) is 13.0 Å². The van der Waals surface area contributed by atoms with Crippen LogP contribution in [0.2, 0.25) is 0 Å². The molecule has 0 spiro atoms. The lowest BCUT2D eigenvalue weighted by molar-refractivity contribution is 0.569. The number of hydrogen-bond acceptors (Lipinski definition) is 1. The van der Waals surface area contributed by atoms with E-state index in [-0.39, 0.29) is 11.9 Å². The Kier molecular flexibility index (Phi) is 4.15. The molecule has 0 aromatic heterocycles. The van der Waals surface area contributed by atoms with Crippen molar-refractivity contribution in [1.29, 1.82) is 0 Å². The fourth-order valence-corrected chi connectivity index (χ4v) is 2.31. The first-order valence-electron chi connectivity index (χ1n) is 5.81. The van der Waals surface area contributed by atoms with E-state index in [9.17, 15) is 4.39 Å². The van der Waals surface area contributed by atoms with Crippen LogP contribution in [-0.4, -0.2) is 7.05 Å². The molecular formula is C15H15BrFN. The van der Waals surface area contributed by atoms with E-state index in [0.29, 0.717) is 11.1 Å². The van der Waals surface area contributed by atoms with Gasteiger partial charge in [-0.1, -0.05) is 46.3 Å². The van der Waals surface area contributed by atoms with Gasteiger partial charge in [0.05, 0.1) is 6.04 Å².